The molecule has 0 radical (unpaired) electrons. The summed E-state index contributed by atoms with van der Waals surface area (Å²) in [7, 11) is 0. The quantitative estimate of drug-likeness (QED) is 0.413. The predicted octanol–water partition coefficient (Wildman–Crippen LogP) is 4.63. The van der Waals surface area contributed by atoms with Gasteiger partial charge >= 0.3 is 0 Å². The summed E-state index contributed by atoms with van der Waals surface area (Å²) in [6.45, 7) is 3.72. The average molecular weight is 461 g/mol. The maximum atomic E-state index is 13.4. The van der Waals surface area contributed by atoms with Gasteiger partial charge in [0.1, 0.15) is 17.0 Å². The number of fused-ring (bicyclic) bond motifs is 1. The lowest BCUT2D eigenvalue weighted by molar-refractivity contribution is 0.283. The van der Waals surface area contributed by atoms with Crippen molar-refractivity contribution in [1.82, 2.24) is 19.2 Å². The second-order valence-electron chi connectivity index (χ2n) is 7.88. The van der Waals surface area contributed by atoms with Crippen molar-refractivity contribution in [3.8, 4) is 22.7 Å². The maximum Gasteiger partial charge on any atom is 0.277 e. The number of hydrogen-bond donors (Lipinski definition) is 1. The first-order chi connectivity index (χ1) is 16.0. The van der Waals surface area contributed by atoms with Crippen LogP contribution in [0.2, 0.25) is 5.02 Å². The molecule has 1 N–H and O–H groups in total. The molecule has 0 atom stereocenters. The van der Waals surface area contributed by atoms with Crippen LogP contribution in [0.1, 0.15) is 22.6 Å². The van der Waals surface area contributed by atoms with Crippen LogP contribution >= 0.6 is 11.6 Å². The predicted molar refractivity (Wildman–Crippen MR) is 126 cm³/mol. The number of halogens is 1. The Kier molecular flexibility index (Phi) is 5.36. The van der Waals surface area contributed by atoms with Gasteiger partial charge in [0.15, 0.2) is 0 Å². The van der Waals surface area contributed by atoms with E-state index >= 15 is 0 Å². The highest BCUT2D eigenvalue weighted by atomic mass is 35.5. The Bertz CT molecular complexity index is 1530. The van der Waals surface area contributed by atoms with Crippen LogP contribution in [-0.4, -0.2) is 24.3 Å². The molecule has 0 saturated carbocycles. The zero-order valence-electron chi connectivity index (χ0n) is 18.1. The van der Waals surface area contributed by atoms with Crippen LogP contribution in [0.3, 0.4) is 0 Å². The third-order valence-corrected chi connectivity index (χ3v) is 5.99. The van der Waals surface area contributed by atoms with Crippen molar-refractivity contribution in [1.29, 1.82) is 0 Å². The first kappa shape index (κ1) is 21.2. The second kappa shape index (κ2) is 8.35. The molecule has 5 aromatic rings. The molecule has 0 amide bonds. The van der Waals surface area contributed by atoms with Gasteiger partial charge < -0.3 is 14.1 Å². The van der Waals surface area contributed by atoms with E-state index in [-0.39, 0.29) is 18.7 Å². The molecule has 0 aliphatic rings. The minimum absolute atomic E-state index is 0.213. The van der Waals surface area contributed by atoms with Gasteiger partial charge in [0, 0.05) is 23.5 Å². The van der Waals surface area contributed by atoms with E-state index in [1.54, 1.807) is 25.4 Å². The summed E-state index contributed by atoms with van der Waals surface area (Å²) in [5.74, 6) is 1.01. The fourth-order valence-corrected chi connectivity index (χ4v) is 4.07. The molecule has 7 nitrogen and oxygen atoms in total. The Morgan fingerprint density at radius 3 is 2.55 bits per heavy atom. The molecule has 0 saturated heterocycles. The van der Waals surface area contributed by atoms with Crippen LogP contribution in [0, 0.1) is 13.8 Å². The molecule has 0 aliphatic heterocycles. The van der Waals surface area contributed by atoms with Crippen LogP contribution in [0.5, 0.6) is 0 Å². The summed E-state index contributed by atoms with van der Waals surface area (Å²) < 4.78 is 8.89. The van der Waals surface area contributed by atoms with Crippen molar-refractivity contribution in [2.45, 2.75) is 27.0 Å². The third-order valence-electron chi connectivity index (χ3n) is 5.66. The summed E-state index contributed by atoms with van der Waals surface area (Å²) in [4.78, 5) is 17.9. The summed E-state index contributed by atoms with van der Waals surface area (Å²) in [5, 5.41) is 15.2. The number of rotatable bonds is 5. The van der Waals surface area contributed by atoms with Gasteiger partial charge in [-0.15, -0.1) is 0 Å². The van der Waals surface area contributed by atoms with Crippen LogP contribution in [0.4, 0.5) is 0 Å². The lowest BCUT2D eigenvalue weighted by Gasteiger charge is -2.05. The van der Waals surface area contributed by atoms with E-state index < -0.39 is 0 Å². The van der Waals surface area contributed by atoms with Gasteiger partial charge in [-0.1, -0.05) is 53.6 Å². The van der Waals surface area contributed by atoms with Gasteiger partial charge in [-0.05, 0) is 26.0 Å². The first-order valence-electron chi connectivity index (χ1n) is 10.5. The molecule has 0 aliphatic carbocycles. The molecule has 0 spiro atoms. The smallest absolute Gasteiger partial charge is 0.277 e. The SMILES string of the molecule is Cc1ccc(-c2nn3ccn(Cc4nc(-c5ccccc5Cl)oc4C)c(=O)c3c2CO)cc1. The van der Waals surface area contributed by atoms with Crippen LogP contribution in [0.25, 0.3) is 28.2 Å². The Morgan fingerprint density at radius 2 is 1.82 bits per heavy atom. The molecule has 0 fully saturated rings. The van der Waals surface area contributed by atoms with Crippen molar-refractivity contribution in [3.63, 3.8) is 0 Å². The lowest BCUT2D eigenvalue weighted by atomic mass is 10.1. The average Bonchev–Trinajstić information content (AvgIpc) is 3.37. The van der Waals surface area contributed by atoms with E-state index in [1.807, 2.05) is 49.4 Å². The summed E-state index contributed by atoms with van der Waals surface area (Å²) in [6, 6.07) is 15.1. The number of nitrogens with zero attached hydrogens (tertiary/aromatic N) is 4. The molecule has 33 heavy (non-hydrogen) atoms. The molecule has 166 valence electrons. The minimum Gasteiger partial charge on any atom is -0.441 e. The van der Waals surface area contributed by atoms with Crippen LogP contribution in [-0.2, 0) is 13.2 Å². The largest absolute Gasteiger partial charge is 0.441 e. The third kappa shape index (κ3) is 3.75. The summed E-state index contributed by atoms with van der Waals surface area (Å²) >= 11 is 6.28. The fourth-order valence-electron chi connectivity index (χ4n) is 3.85. The van der Waals surface area contributed by atoms with E-state index in [0.717, 1.165) is 11.1 Å². The summed E-state index contributed by atoms with van der Waals surface area (Å²) in [5.41, 5.74) is 4.43. The minimum atomic E-state index is -0.300. The Labute approximate surface area is 194 Å². The molecular weight excluding hydrogens is 440 g/mol. The number of oxazole rings is 1. The molecule has 0 bridgehead atoms. The molecule has 5 rings (SSSR count). The number of benzene rings is 2. The van der Waals surface area contributed by atoms with Gasteiger partial charge in [-0.3, -0.25) is 4.79 Å². The van der Waals surface area contributed by atoms with E-state index in [2.05, 4.69) is 10.1 Å². The van der Waals surface area contributed by atoms with E-state index in [9.17, 15) is 9.90 Å². The number of aliphatic hydroxyl groups is 1. The maximum absolute atomic E-state index is 13.4. The molecule has 0 unspecified atom stereocenters. The lowest BCUT2D eigenvalue weighted by Crippen LogP contribution is -2.23. The molecule has 8 heteroatoms. The van der Waals surface area contributed by atoms with Gasteiger partial charge in [0.2, 0.25) is 5.89 Å². The van der Waals surface area contributed by atoms with Crippen LogP contribution in [0.15, 0.2) is 70.1 Å². The monoisotopic (exact) mass is 460 g/mol. The molecular formula is C25H21ClN4O3. The zero-order chi connectivity index (χ0) is 23.1. The normalized spacial score (nSPS) is 11.4. The van der Waals surface area contributed by atoms with Gasteiger partial charge in [0.05, 0.1) is 29.4 Å². The van der Waals surface area contributed by atoms with Crippen molar-refractivity contribution in [2.24, 2.45) is 0 Å². The first-order valence-corrected chi connectivity index (χ1v) is 10.8. The van der Waals surface area contributed by atoms with Gasteiger partial charge in [-0.2, -0.15) is 5.10 Å². The topological polar surface area (TPSA) is 85.6 Å². The van der Waals surface area contributed by atoms with E-state index in [0.29, 0.717) is 44.7 Å². The van der Waals surface area contributed by atoms with Gasteiger partial charge in [-0.25, -0.2) is 9.50 Å². The molecule has 3 aromatic heterocycles. The van der Waals surface area contributed by atoms with E-state index in [4.69, 9.17) is 16.0 Å². The van der Waals surface area contributed by atoms with Crippen molar-refractivity contribution in [2.75, 3.05) is 0 Å². The zero-order valence-corrected chi connectivity index (χ0v) is 18.9. The number of aliphatic hydroxyl groups excluding tert-OH is 1. The number of aryl methyl sites for hydroxylation is 2. The summed E-state index contributed by atoms with van der Waals surface area (Å²) in [6.07, 6.45) is 3.36. The molecule has 2 aromatic carbocycles. The number of aromatic nitrogens is 4. The van der Waals surface area contributed by atoms with Crippen LogP contribution < -0.4 is 5.56 Å². The highest BCUT2D eigenvalue weighted by Crippen LogP contribution is 2.29. The van der Waals surface area contributed by atoms with Crippen molar-refractivity contribution < 1.29 is 9.52 Å². The van der Waals surface area contributed by atoms with Gasteiger partial charge in [0.25, 0.3) is 5.56 Å². The Balaban J connectivity index is 1.57. The standard InChI is InChI=1S/C25H21ClN4O3/c1-15-7-9-17(10-8-15)22-19(14-31)23-25(32)29(11-12-30(23)28-22)13-21-16(2)33-24(27-21)18-5-3-4-6-20(18)26/h3-12,31H,13-14H2,1-2H3. The highest BCUT2D eigenvalue weighted by molar-refractivity contribution is 6.33. The Hall–Kier alpha value is -3.68. The fraction of sp³-hybridized carbons (Fsp3) is 0.160. The van der Waals surface area contributed by atoms with E-state index in [1.165, 1.54) is 9.08 Å². The molecule has 3 heterocycles. The second-order valence-corrected chi connectivity index (χ2v) is 8.28. The number of hydrogen-bond acceptors (Lipinski definition) is 5. The highest BCUT2D eigenvalue weighted by Gasteiger charge is 2.19. The van der Waals surface area contributed by atoms with Crippen molar-refractivity contribution in [3.05, 3.63) is 98.9 Å². The Morgan fingerprint density at radius 1 is 1.06 bits per heavy atom. The van der Waals surface area contributed by atoms with Crippen molar-refractivity contribution >= 4 is 17.1 Å².